The third kappa shape index (κ3) is 8.34. The minimum Gasteiger partial charge on any atom is -0.493 e. The maximum Gasteiger partial charge on any atom is 0.244 e. The van der Waals surface area contributed by atoms with Crippen LogP contribution in [0, 0.1) is 5.41 Å². The number of nitrogens with one attached hydrogen (secondary N) is 2. The molecule has 0 aliphatic rings. The van der Waals surface area contributed by atoms with E-state index in [2.05, 4.69) is 5.32 Å². The quantitative estimate of drug-likeness (QED) is 0.0882. The average Bonchev–Trinajstić information content (AvgIpc) is 3.09. The average molecular weight is 628 g/mol. The van der Waals surface area contributed by atoms with E-state index in [1.54, 1.807) is 36.4 Å². The van der Waals surface area contributed by atoms with E-state index in [1.165, 1.54) is 7.11 Å². The summed E-state index contributed by atoms with van der Waals surface area (Å²) in [5.74, 6) is -0.235. The van der Waals surface area contributed by atoms with Crippen LogP contribution in [0.5, 0.6) is 11.5 Å². The molecule has 0 saturated heterocycles. The van der Waals surface area contributed by atoms with Gasteiger partial charge in [-0.05, 0) is 47.0 Å². The summed E-state index contributed by atoms with van der Waals surface area (Å²) in [4.78, 5) is 28.9. The number of ether oxygens (including phenoxy) is 2. The van der Waals surface area contributed by atoms with Crippen molar-refractivity contribution in [2.45, 2.75) is 25.6 Å². The number of nitrogens with two attached hydrogens (primary N) is 2. The molecule has 47 heavy (non-hydrogen) atoms. The molecule has 0 aliphatic carbocycles. The zero-order valence-corrected chi connectivity index (χ0v) is 26.1. The van der Waals surface area contributed by atoms with Crippen LogP contribution >= 0.6 is 0 Å². The lowest BCUT2D eigenvalue weighted by Gasteiger charge is -2.34. The highest BCUT2D eigenvalue weighted by atomic mass is 16.5. The van der Waals surface area contributed by atoms with Crippen molar-refractivity contribution in [3.63, 3.8) is 0 Å². The predicted octanol–water partition coefficient (Wildman–Crippen LogP) is 5.97. The van der Waals surface area contributed by atoms with Crippen LogP contribution in [-0.2, 0) is 29.2 Å². The van der Waals surface area contributed by atoms with Crippen LogP contribution in [0.1, 0.15) is 33.9 Å². The van der Waals surface area contributed by atoms with Crippen LogP contribution in [0.2, 0.25) is 0 Å². The van der Waals surface area contributed by atoms with E-state index in [1.807, 2.05) is 95.9 Å². The SMILES string of the molecule is COc1cc(C(C(N)=O)N(Cc2ccccc2)c2ccc(C(=N)N)cc2)c(NC(=O)Cc2ccccc2)cc1OCc1ccccc1. The maximum absolute atomic E-state index is 13.5. The molecule has 9 heteroatoms. The fourth-order valence-electron chi connectivity index (χ4n) is 5.31. The lowest BCUT2D eigenvalue weighted by atomic mass is 9.98. The Morgan fingerprint density at radius 2 is 1.34 bits per heavy atom. The highest BCUT2D eigenvalue weighted by Gasteiger charge is 2.31. The van der Waals surface area contributed by atoms with Gasteiger partial charge >= 0.3 is 0 Å². The number of rotatable bonds is 14. The smallest absolute Gasteiger partial charge is 0.244 e. The van der Waals surface area contributed by atoms with Crippen molar-refractivity contribution in [2.75, 3.05) is 17.3 Å². The summed E-state index contributed by atoms with van der Waals surface area (Å²) >= 11 is 0. The molecular formula is C38H37N5O4. The van der Waals surface area contributed by atoms with E-state index in [4.69, 9.17) is 26.4 Å². The van der Waals surface area contributed by atoms with Crippen molar-refractivity contribution in [3.8, 4) is 11.5 Å². The molecule has 5 aromatic rings. The Bertz CT molecular complexity index is 1810. The summed E-state index contributed by atoms with van der Waals surface area (Å²) in [5.41, 5.74) is 16.6. The van der Waals surface area contributed by atoms with Gasteiger partial charge in [-0.3, -0.25) is 15.0 Å². The second-order valence-corrected chi connectivity index (χ2v) is 11.0. The second-order valence-electron chi connectivity index (χ2n) is 11.0. The van der Waals surface area contributed by atoms with E-state index in [0.29, 0.717) is 40.5 Å². The van der Waals surface area contributed by atoms with Crippen LogP contribution < -0.4 is 31.2 Å². The lowest BCUT2D eigenvalue weighted by Crippen LogP contribution is -2.38. The monoisotopic (exact) mass is 627 g/mol. The molecule has 1 atom stereocenters. The van der Waals surface area contributed by atoms with Crippen LogP contribution in [0.15, 0.2) is 127 Å². The summed E-state index contributed by atoms with van der Waals surface area (Å²) in [6, 6.07) is 38.1. The van der Waals surface area contributed by atoms with Gasteiger partial charge in [0, 0.05) is 29.4 Å². The molecule has 0 aromatic heterocycles. The Balaban J connectivity index is 1.61. The van der Waals surface area contributed by atoms with Gasteiger partial charge in [0.15, 0.2) is 11.5 Å². The van der Waals surface area contributed by atoms with Gasteiger partial charge in [-0.2, -0.15) is 0 Å². The number of benzene rings is 5. The molecule has 0 aliphatic heterocycles. The molecule has 5 aromatic carbocycles. The Morgan fingerprint density at radius 3 is 1.89 bits per heavy atom. The Hall–Kier alpha value is -6.09. The van der Waals surface area contributed by atoms with Crippen LogP contribution in [-0.4, -0.2) is 24.8 Å². The van der Waals surface area contributed by atoms with Crippen LogP contribution in [0.3, 0.4) is 0 Å². The first-order valence-electron chi connectivity index (χ1n) is 15.1. The van der Waals surface area contributed by atoms with Gasteiger partial charge in [-0.1, -0.05) is 91.0 Å². The number of anilines is 2. The Kier molecular flexibility index (Phi) is 10.5. The minimum absolute atomic E-state index is 0.0724. The van der Waals surface area contributed by atoms with Crippen molar-refractivity contribution in [1.82, 2.24) is 0 Å². The molecule has 2 amide bonds. The minimum atomic E-state index is -1.05. The Labute approximate surface area is 274 Å². The van der Waals surface area contributed by atoms with Crippen molar-refractivity contribution in [3.05, 3.63) is 155 Å². The van der Waals surface area contributed by atoms with Crippen LogP contribution in [0.25, 0.3) is 0 Å². The number of primary amides is 1. The molecule has 6 N–H and O–H groups in total. The maximum atomic E-state index is 13.5. The molecule has 9 nitrogen and oxygen atoms in total. The number of amidine groups is 1. The number of amides is 2. The van der Waals surface area contributed by atoms with E-state index in [9.17, 15) is 9.59 Å². The summed E-state index contributed by atoms with van der Waals surface area (Å²) in [6.45, 7) is 0.565. The molecule has 0 bridgehead atoms. The zero-order chi connectivity index (χ0) is 33.2. The molecule has 238 valence electrons. The van der Waals surface area contributed by atoms with Gasteiger partial charge in [-0.15, -0.1) is 0 Å². The van der Waals surface area contributed by atoms with Crippen molar-refractivity contribution >= 4 is 29.0 Å². The third-order valence-electron chi connectivity index (χ3n) is 7.64. The second kappa shape index (κ2) is 15.3. The van der Waals surface area contributed by atoms with Gasteiger partial charge < -0.3 is 31.2 Å². The highest BCUT2D eigenvalue weighted by molar-refractivity contribution is 5.97. The summed E-state index contributed by atoms with van der Waals surface area (Å²) in [5, 5.41) is 10.9. The van der Waals surface area contributed by atoms with Gasteiger partial charge in [0.05, 0.1) is 19.2 Å². The summed E-state index contributed by atoms with van der Waals surface area (Å²) < 4.78 is 11.9. The topological polar surface area (TPSA) is 144 Å². The molecule has 0 heterocycles. The number of carbonyl (C=O) groups is 2. The first kappa shape index (κ1) is 32.3. The zero-order valence-electron chi connectivity index (χ0n) is 26.1. The summed E-state index contributed by atoms with van der Waals surface area (Å²) in [6.07, 6.45) is 0.119. The van der Waals surface area contributed by atoms with Gasteiger partial charge in [0.2, 0.25) is 11.8 Å². The van der Waals surface area contributed by atoms with Gasteiger partial charge in [0.25, 0.3) is 0 Å². The predicted molar refractivity (Wildman–Crippen MR) is 185 cm³/mol. The molecule has 0 saturated carbocycles. The van der Waals surface area contributed by atoms with E-state index < -0.39 is 11.9 Å². The standard InChI is InChI=1S/C38H37N5O4/c1-46-33-22-31(36(38(41)45)43(24-27-13-7-3-8-14-27)30-19-17-29(18-20-30)37(39)40)32(42-35(44)21-26-11-5-2-6-12-26)23-34(33)47-25-28-15-9-4-10-16-28/h2-20,22-23,36H,21,24-25H2,1H3,(H3,39,40)(H2,41,45)(H,42,44). The van der Waals surface area contributed by atoms with E-state index >= 15 is 0 Å². The lowest BCUT2D eigenvalue weighted by molar-refractivity contribution is -0.119. The van der Waals surface area contributed by atoms with E-state index in [0.717, 1.165) is 16.7 Å². The molecule has 5 rings (SSSR count). The fraction of sp³-hybridized carbons (Fsp3) is 0.132. The normalized spacial score (nSPS) is 11.3. The van der Waals surface area contributed by atoms with Crippen molar-refractivity contribution in [1.29, 1.82) is 5.41 Å². The number of carbonyl (C=O) groups excluding carboxylic acids is 2. The van der Waals surface area contributed by atoms with E-state index in [-0.39, 0.29) is 24.8 Å². The number of nitrogen functional groups attached to an aromatic ring is 1. The molecule has 1 unspecified atom stereocenters. The third-order valence-corrected chi connectivity index (χ3v) is 7.64. The largest absolute Gasteiger partial charge is 0.493 e. The molecular weight excluding hydrogens is 590 g/mol. The van der Waals surface area contributed by atoms with Gasteiger partial charge in [0.1, 0.15) is 18.5 Å². The van der Waals surface area contributed by atoms with Gasteiger partial charge in [-0.25, -0.2) is 0 Å². The van der Waals surface area contributed by atoms with Crippen molar-refractivity contribution < 1.29 is 19.1 Å². The fourth-order valence-corrected chi connectivity index (χ4v) is 5.31. The number of hydrogen-bond donors (Lipinski definition) is 4. The highest BCUT2D eigenvalue weighted by Crippen LogP contribution is 2.40. The molecule has 0 fully saturated rings. The molecule has 0 spiro atoms. The van der Waals surface area contributed by atoms with Crippen LogP contribution in [0.4, 0.5) is 11.4 Å². The summed E-state index contributed by atoms with van der Waals surface area (Å²) in [7, 11) is 1.52. The first-order valence-corrected chi connectivity index (χ1v) is 15.1. The van der Waals surface area contributed by atoms with Crippen molar-refractivity contribution in [2.24, 2.45) is 11.5 Å². The number of nitrogens with zero attached hydrogens (tertiary/aromatic N) is 1. The Morgan fingerprint density at radius 1 is 0.766 bits per heavy atom. The first-order chi connectivity index (χ1) is 22.8. The number of methoxy groups -OCH3 is 1. The number of hydrogen-bond acceptors (Lipinski definition) is 6. The molecule has 0 radical (unpaired) electrons.